The SMILES string of the molecule is COCCO[C@H]1CN(c2ccc(OCC3CC3)cc2)C[C@@H]1Oc1ccc([C@H](C)NC(C)=O)cc1. The van der Waals surface area contributed by atoms with Crippen molar-refractivity contribution in [2.24, 2.45) is 5.92 Å². The van der Waals surface area contributed by atoms with Gasteiger partial charge in [0.15, 0.2) is 0 Å². The number of anilines is 1. The van der Waals surface area contributed by atoms with Gasteiger partial charge in [-0.3, -0.25) is 4.79 Å². The van der Waals surface area contributed by atoms with Gasteiger partial charge < -0.3 is 29.2 Å². The summed E-state index contributed by atoms with van der Waals surface area (Å²) in [7, 11) is 1.68. The molecule has 0 bridgehead atoms. The number of nitrogens with one attached hydrogen (secondary N) is 1. The number of carbonyl (C=O) groups excluding carboxylic acids is 1. The number of hydrogen-bond donors (Lipinski definition) is 1. The molecule has 2 aromatic rings. The van der Waals surface area contributed by atoms with Crippen LogP contribution in [0.4, 0.5) is 5.69 Å². The Morgan fingerprint density at radius 3 is 2.32 bits per heavy atom. The van der Waals surface area contributed by atoms with E-state index in [0.29, 0.717) is 13.2 Å². The molecule has 1 amide bonds. The van der Waals surface area contributed by atoms with E-state index in [1.54, 1.807) is 7.11 Å². The number of rotatable bonds is 12. The molecule has 2 fully saturated rings. The molecule has 7 heteroatoms. The van der Waals surface area contributed by atoms with Crippen LogP contribution in [-0.2, 0) is 14.3 Å². The van der Waals surface area contributed by atoms with Gasteiger partial charge in [0, 0.05) is 26.3 Å². The highest BCUT2D eigenvalue weighted by molar-refractivity contribution is 5.73. The molecule has 1 saturated heterocycles. The van der Waals surface area contributed by atoms with Crippen molar-refractivity contribution in [2.75, 3.05) is 44.9 Å². The van der Waals surface area contributed by atoms with Crippen LogP contribution in [0.3, 0.4) is 0 Å². The zero-order chi connectivity index (χ0) is 23.9. The third-order valence-corrected chi connectivity index (χ3v) is 6.31. The van der Waals surface area contributed by atoms with Crippen molar-refractivity contribution in [3.63, 3.8) is 0 Å². The Morgan fingerprint density at radius 1 is 1.00 bits per heavy atom. The average molecular weight is 469 g/mol. The molecule has 1 N–H and O–H groups in total. The molecule has 1 aliphatic heterocycles. The molecule has 1 heterocycles. The number of benzene rings is 2. The maximum atomic E-state index is 11.3. The van der Waals surface area contributed by atoms with Gasteiger partial charge in [-0.1, -0.05) is 12.1 Å². The lowest BCUT2D eigenvalue weighted by Gasteiger charge is -2.21. The number of carbonyl (C=O) groups is 1. The van der Waals surface area contributed by atoms with Crippen molar-refractivity contribution >= 4 is 11.6 Å². The monoisotopic (exact) mass is 468 g/mol. The Labute approximate surface area is 202 Å². The van der Waals surface area contributed by atoms with Crippen molar-refractivity contribution in [1.29, 1.82) is 0 Å². The van der Waals surface area contributed by atoms with Gasteiger partial charge in [0.2, 0.25) is 5.91 Å². The summed E-state index contributed by atoms with van der Waals surface area (Å²) in [4.78, 5) is 13.6. The molecule has 0 aromatic heterocycles. The van der Waals surface area contributed by atoms with Crippen LogP contribution in [0.2, 0.25) is 0 Å². The van der Waals surface area contributed by atoms with Crippen LogP contribution in [0.15, 0.2) is 48.5 Å². The second-order valence-corrected chi connectivity index (χ2v) is 9.20. The summed E-state index contributed by atoms with van der Waals surface area (Å²) >= 11 is 0. The third-order valence-electron chi connectivity index (χ3n) is 6.31. The Balaban J connectivity index is 1.38. The van der Waals surface area contributed by atoms with Crippen LogP contribution < -0.4 is 19.7 Å². The molecule has 2 aromatic carbocycles. The lowest BCUT2D eigenvalue weighted by atomic mass is 10.1. The molecule has 1 aliphatic carbocycles. The Morgan fingerprint density at radius 2 is 1.68 bits per heavy atom. The van der Waals surface area contributed by atoms with E-state index < -0.39 is 0 Å². The van der Waals surface area contributed by atoms with Crippen LogP contribution in [-0.4, -0.2) is 58.1 Å². The van der Waals surface area contributed by atoms with E-state index in [9.17, 15) is 4.79 Å². The van der Waals surface area contributed by atoms with Crippen molar-refractivity contribution in [1.82, 2.24) is 5.32 Å². The summed E-state index contributed by atoms with van der Waals surface area (Å²) in [5.41, 5.74) is 2.16. The number of methoxy groups -OCH3 is 1. The average Bonchev–Trinajstić information content (AvgIpc) is 3.58. The summed E-state index contributed by atoms with van der Waals surface area (Å²) in [5, 5.41) is 2.90. The van der Waals surface area contributed by atoms with E-state index in [1.165, 1.54) is 19.8 Å². The molecule has 1 saturated carbocycles. The van der Waals surface area contributed by atoms with E-state index in [1.807, 2.05) is 43.3 Å². The van der Waals surface area contributed by atoms with Crippen LogP contribution >= 0.6 is 0 Å². The minimum Gasteiger partial charge on any atom is -0.493 e. The largest absolute Gasteiger partial charge is 0.493 e. The van der Waals surface area contributed by atoms with Crippen LogP contribution in [0.1, 0.15) is 38.3 Å². The highest BCUT2D eigenvalue weighted by atomic mass is 16.6. The second kappa shape index (κ2) is 11.6. The summed E-state index contributed by atoms with van der Waals surface area (Å²) in [6, 6.07) is 16.1. The van der Waals surface area contributed by atoms with Gasteiger partial charge in [0.05, 0.1) is 32.4 Å². The molecule has 4 rings (SSSR count). The molecular formula is C27H36N2O5. The normalized spacial score (nSPS) is 20.7. The lowest BCUT2D eigenvalue weighted by Crippen LogP contribution is -2.33. The highest BCUT2D eigenvalue weighted by Crippen LogP contribution is 2.31. The minimum absolute atomic E-state index is 0.0440. The Hall–Kier alpha value is -2.77. The van der Waals surface area contributed by atoms with Crippen LogP contribution in [0.25, 0.3) is 0 Å². The van der Waals surface area contributed by atoms with Crippen molar-refractivity contribution in [3.05, 3.63) is 54.1 Å². The van der Waals surface area contributed by atoms with Gasteiger partial charge in [-0.25, -0.2) is 0 Å². The van der Waals surface area contributed by atoms with E-state index in [-0.39, 0.29) is 24.2 Å². The first-order valence-corrected chi connectivity index (χ1v) is 12.1. The van der Waals surface area contributed by atoms with Crippen LogP contribution in [0, 0.1) is 5.92 Å². The first-order chi connectivity index (χ1) is 16.5. The standard InChI is InChI=1S/C27H36N2O5/c1-19(28-20(2)30)22-6-10-25(11-7-22)34-27-17-29(16-26(27)32-15-14-31-3)23-8-12-24(13-9-23)33-18-21-4-5-21/h6-13,19,21,26-27H,4-5,14-18H2,1-3H3,(H,28,30)/t19-,26-,27-/m0/s1. The number of nitrogens with zero attached hydrogens (tertiary/aromatic N) is 1. The molecule has 184 valence electrons. The van der Waals surface area contributed by atoms with Gasteiger partial charge in [-0.15, -0.1) is 0 Å². The second-order valence-electron chi connectivity index (χ2n) is 9.20. The number of hydrogen-bond acceptors (Lipinski definition) is 6. The molecular weight excluding hydrogens is 432 g/mol. The maximum Gasteiger partial charge on any atom is 0.217 e. The fourth-order valence-corrected chi connectivity index (χ4v) is 4.16. The van der Waals surface area contributed by atoms with Gasteiger partial charge in [0.1, 0.15) is 23.7 Å². The summed E-state index contributed by atoms with van der Waals surface area (Å²) in [5.74, 6) is 2.40. The van der Waals surface area contributed by atoms with E-state index in [2.05, 4.69) is 22.3 Å². The summed E-state index contributed by atoms with van der Waals surface area (Å²) < 4.78 is 23.5. The molecule has 34 heavy (non-hydrogen) atoms. The predicted octanol–water partition coefficient (Wildman–Crippen LogP) is 3.97. The van der Waals surface area contributed by atoms with E-state index in [4.69, 9.17) is 18.9 Å². The topological polar surface area (TPSA) is 69.3 Å². The van der Waals surface area contributed by atoms with E-state index >= 15 is 0 Å². The van der Waals surface area contributed by atoms with Crippen molar-refractivity contribution in [2.45, 2.75) is 44.9 Å². The Kier molecular flexibility index (Phi) is 8.29. The zero-order valence-corrected chi connectivity index (χ0v) is 20.4. The predicted molar refractivity (Wildman–Crippen MR) is 132 cm³/mol. The van der Waals surface area contributed by atoms with E-state index in [0.717, 1.165) is 48.4 Å². The molecule has 0 radical (unpaired) electrons. The van der Waals surface area contributed by atoms with Crippen molar-refractivity contribution in [3.8, 4) is 11.5 Å². The molecule has 0 unspecified atom stereocenters. The van der Waals surface area contributed by atoms with Gasteiger partial charge in [-0.05, 0) is 67.6 Å². The molecule has 7 nitrogen and oxygen atoms in total. The minimum atomic E-state index is -0.110. The maximum absolute atomic E-state index is 11.3. The molecule has 0 spiro atoms. The lowest BCUT2D eigenvalue weighted by molar-refractivity contribution is -0.119. The molecule has 3 atom stereocenters. The fraction of sp³-hybridized carbons (Fsp3) is 0.519. The smallest absolute Gasteiger partial charge is 0.217 e. The van der Waals surface area contributed by atoms with Gasteiger partial charge in [-0.2, -0.15) is 0 Å². The third kappa shape index (κ3) is 6.87. The number of amides is 1. The number of ether oxygens (including phenoxy) is 4. The highest BCUT2D eigenvalue weighted by Gasteiger charge is 2.35. The summed E-state index contributed by atoms with van der Waals surface area (Å²) in [6.45, 7) is 6.85. The van der Waals surface area contributed by atoms with Crippen LogP contribution in [0.5, 0.6) is 11.5 Å². The summed E-state index contributed by atoms with van der Waals surface area (Å²) in [6.07, 6.45) is 2.39. The zero-order valence-electron chi connectivity index (χ0n) is 20.4. The Bertz CT molecular complexity index is 914. The first-order valence-electron chi connectivity index (χ1n) is 12.1. The van der Waals surface area contributed by atoms with Gasteiger partial charge >= 0.3 is 0 Å². The first kappa shape index (κ1) is 24.4. The fourth-order valence-electron chi connectivity index (χ4n) is 4.16. The van der Waals surface area contributed by atoms with Crippen molar-refractivity contribution < 1.29 is 23.7 Å². The molecule has 2 aliphatic rings. The quantitative estimate of drug-likeness (QED) is 0.476. The van der Waals surface area contributed by atoms with Gasteiger partial charge in [0.25, 0.3) is 0 Å².